The van der Waals surface area contributed by atoms with Gasteiger partial charge in [0, 0.05) is 28.9 Å². The number of benzene rings is 1. The van der Waals surface area contributed by atoms with Gasteiger partial charge >= 0.3 is 0 Å². The van der Waals surface area contributed by atoms with Gasteiger partial charge in [-0.15, -0.1) is 11.3 Å². The van der Waals surface area contributed by atoms with Gasteiger partial charge in [0.1, 0.15) is 11.4 Å². The Bertz CT molecular complexity index is 1210. The zero-order valence-electron chi connectivity index (χ0n) is 17.7. The first-order valence-electron chi connectivity index (χ1n) is 10.8. The number of pyridine rings is 1. The second-order valence-corrected chi connectivity index (χ2v) is 9.33. The topological polar surface area (TPSA) is 73.9 Å². The average Bonchev–Trinajstić information content (AvgIpc) is 3.17. The Kier molecular flexibility index (Phi) is 5.66. The number of ether oxygens (including phenoxy) is 1. The second-order valence-electron chi connectivity index (χ2n) is 8.24. The van der Waals surface area contributed by atoms with Crippen molar-refractivity contribution in [1.82, 2.24) is 15.0 Å². The molecule has 0 bridgehead atoms. The highest BCUT2D eigenvalue weighted by Crippen LogP contribution is 2.40. The van der Waals surface area contributed by atoms with Gasteiger partial charge in [0.05, 0.1) is 5.39 Å². The van der Waals surface area contributed by atoms with Crippen LogP contribution in [-0.2, 0) is 19.3 Å². The summed E-state index contributed by atoms with van der Waals surface area (Å²) in [6.45, 7) is 2.52. The molecule has 31 heavy (non-hydrogen) atoms. The summed E-state index contributed by atoms with van der Waals surface area (Å²) in [5.74, 6) is 1.34. The summed E-state index contributed by atoms with van der Waals surface area (Å²) >= 11 is 1.78. The molecule has 2 N–H and O–H groups in total. The van der Waals surface area contributed by atoms with Crippen LogP contribution in [0.25, 0.3) is 21.6 Å². The minimum atomic E-state index is -0.106. The highest BCUT2D eigenvalue weighted by Gasteiger charge is 2.23. The highest BCUT2D eigenvalue weighted by molar-refractivity contribution is 7.18. The number of thiophene rings is 1. The molecule has 3 aromatic heterocycles. The van der Waals surface area contributed by atoms with E-state index >= 15 is 0 Å². The summed E-state index contributed by atoms with van der Waals surface area (Å²) in [5.41, 5.74) is 11.2. The summed E-state index contributed by atoms with van der Waals surface area (Å²) in [7, 11) is 0. The lowest BCUT2D eigenvalue weighted by atomic mass is 9.97. The first-order valence-corrected chi connectivity index (χ1v) is 11.7. The van der Waals surface area contributed by atoms with Crippen LogP contribution in [0, 0.1) is 6.92 Å². The number of aryl methyl sites for hydroxylation is 3. The minimum Gasteiger partial charge on any atom is -0.475 e. The van der Waals surface area contributed by atoms with Gasteiger partial charge in [-0.2, -0.15) is 4.98 Å². The summed E-state index contributed by atoms with van der Waals surface area (Å²) in [4.78, 5) is 16.3. The average molecular weight is 431 g/mol. The lowest BCUT2D eigenvalue weighted by Gasteiger charge is -2.16. The van der Waals surface area contributed by atoms with Gasteiger partial charge < -0.3 is 10.5 Å². The van der Waals surface area contributed by atoms with Crippen molar-refractivity contribution in [2.24, 2.45) is 5.73 Å². The van der Waals surface area contributed by atoms with E-state index in [2.05, 4.69) is 36.2 Å². The molecule has 0 spiro atoms. The molecule has 0 saturated carbocycles. The molecule has 0 fully saturated rings. The van der Waals surface area contributed by atoms with Crippen LogP contribution in [0.15, 0.2) is 48.8 Å². The summed E-state index contributed by atoms with van der Waals surface area (Å²) in [6, 6.07) is 12.2. The quantitative estimate of drug-likeness (QED) is 0.471. The smallest absolute Gasteiger partial charge is 0.226 e. The molecule has 3 heterocycles. The zero-order chi connectivity index (χ0) is 21.2. The fourth-order valence-corrected chi connectivity index (χ4v) is 5.50. The third kappa shape index (κ3) is 4.31. The zero-order valence-corrected chi connectivity index (χ0v) is 18.5. The molecule has 0 aliphatic heterocycles. The Morgan fingerprint density at radius 2 is 1.94 bits per heavy atom. The lowest BCUT2D eigenvalue weighted by molar-refractivity contribution is 0.280. The molecule has 5 nitrogen and oxygen atoms in total. The van der Waals surface area contributed by atoms with E-state index in [1.54, 1.807) is 23.7 Å². The number of aromatic nitrogens is 3. The van der Waals surface area contributed by atoms with Gasteiger partial charge in [-0.1, -0.05) is 29.8 Å². The lowest BCUT2D eigenvalue weighted by Crippen LogP contribution is -2.30. The minimum absolute atomic E-state index is 0.106. The van der Waals surface area contributed by atoms with Crippen molar-refractivity contribution in [3.8, 4) is 17.3 Å². The van der Waals surface area contributed by atoms with Crippen molar-refractivity contribution in [3.63, 3.8) is 0 Å². The van der Waals surface area contributed by atoms with Crippen molar-refractivity contribution in [1.29, 1.82) is 0 Å². The number of hydrogen-bond acceptors (Lipinski definition) is 6. The summed E-state index contributed by atoms with van der Waals surface area (Å²) in [5, 5.41) is 1.08. The first-order chi connectivity index (χ1) is 15.2. The molecular formula is C25H26N4OS. The van der Waals surface area contributed by atoms with E-state index in [9.17, 15) is 0 Å². The van der Waals surface area contributed by atoms with Crippen LogP contribution >= 0.6 is 11.3 Å². The van der Waals surface area contributed by atoms with Crippen LogP contribution in [0.5, 0.6) is 5.88 Å². The van der Waals surface area contributed by atoms with Crippen molar-refractivity contribution >= 4 is 21.6 Å². The maximum Gasteiger partial charge on any atom is 0.226 e. The SMILES string of the molecule is Cc1cccc(C[C@H](N)COc2nc(-c3ccncc3)nc3sc4c(c23)CCCC4)c1. The Morgan fingerprint density at radius 1 is 1.10 bits per heavy atom. The van der Waals surface area contributed by atoms with Crippen LogP contribution in [0.2, 0.25) is 0 Å². The van der Waals surface area contributed by atoms with Gasteiger partial charge in [-0.25, -0.2) is 4.98 Å². The fourth-order valence-electron chi connectivity index (χ4n) is 4.25. The van der Waals surface area contributed by atoms with E-state index in [0.29, 0.717) is 18.3 Å². The number of hydrogen-bond donors (Lipinski definition) is 1. The Labute approximate surface area is 186 Å². The summed E-state index contributed by atoms with van der Waals surface area (Å²) in [6.07, 6.45) is 8.93. The summed E-state index contributed by atoms with van der Waals surface area (Å²) < 4.78 is 6.29. The largest absolute Gasteiger partial charge is 0.475 e. The molecule has 1 aliphatic carbocycles. The van der Waals surface area contributed by atoms with Gasteiger partial charge in [-0.3, -0.25) is 4.98 Å². The van der Waals surface area contributed by atoms with Gasteiger partial charge in [0.25, 0.3) is 0 Å². The van der Waals surface area contributed by atoms with Crippen LogP contribution in [0.4, 0.5) is 0 Å². The number of rotatable bonds is 6. The van der Waals surface area contributed by atoms with Crippen LogP contribution in [-0.4, -0.2) is 27.6 Å². The normalized spacial score (nSPS) is 14.4. The number of nitrogens with two attached hydrogens (primary N) is 1. The molecule has 4 aromatic rings. The molecule has 1 aromatic carbocycles. The maximum atomic E-state index is 6.44. The molecule has 0 saturated heterocycles. The standard InChI is InChI=1S/C25H26N4OS/c1-16-5-4-6-17(13-16)14-19(26)15-30-24-22-20-7-2-3-8-21(20)31-25(22)29-23(28-24)18-9-11-27-12-10-18/h4-6,9-13,19H,2-3,7-8,14-15,26H2,1H3/t19-/m0/s1. The Hall–Kier alpha value is -2.83. The maximum absolute atomic E-state index is 6.44. The van der Waals surface area contributed by atoms with Crippen LogP contribution in [0.3, 0.4) is 0 Å². The predicted octanol–water partition coefficient (Wildman–Crippen LogP) is 4.89. The molecular weight excluding hydrogens is 404 g/mol. The van der Waals surface area contributed by atoms with E-state index < -0.39 is 0 Å². The van der Waals surface area contributed by atoms with E-state index in [1.807, 2.05) is 12.1 Å². The molecule has 158 valence electrons. The molecule has 0 unspecified atom stereocenters. The van der Waals surface area contributed by atoms with Gasteiger partial charge in [0.15, 0.2) is 5.82 Å². The van der Waals surface area contributed by atoms with Crippen molar-refractivity contribution < 1.29 is 4.74 Å². The second kappa shape index (κ2) is 8.73. The Balaban J connectivity index is 1.46. The van der Waals surface area contributed by atoms with E-state index in [4.69, 9.17) is 20.4 Å². The van der Waals surface area contributed by atoms with Gasteiger partial charge in [0.2, 0.25) is 5.88 Å². The number of nitrogens with zero attached hydrogens (tertiary/aromatic N) is 3. The van der Waals surface area contributed by atoms with Crippen LogP contribution < -0.4 is 10.5 Å². The highest BCUT2D eigenvalue weighted by atomic mass is 32.1. The van der Waals surface area contributed by atoms with E-state index in [-0.39, 0.29) is 6.04 Å². The molecule has 0 amide bonds. The fraction of sp³-hybridized carbons (Fsp3) is 0.320. The molecule has 0 radical (unpaired) electrons. The van der Waals surface area contributed by atoms with Crippen molar-refractivity contribution in [2.75, 3.05) is 6.61 Å². The Morgan fingerprint density at radius 3 is 2.77 bits per heavy atom. The first kappa shape index (κ1) is 20.1. The molecule has 1 aliphatic rings. The van der Waals surface area contributed by atoms with Crippen molar-refractivity contribution in [2.45, 2.75) is 45.1 Å². The van der Waals surface area contributed by atoms with E-state index in [1.165, 1.54) is 34.4 Å². The van der Waals surface area contributed by atoms with Gasteiger partial charge in [-0.05, 0) is 62.3 Å². The van der Waals surface area contributed by atoms with Crippen LogP contribution in [0.1, 0.15) is 34.4 Å². The third-order valence-electron chi connectivity index (χ3n) is 5.73. The molecule has 6 heteroatoms. The number of fused-ring (bicyclic) bond motifs is 3. The third-order valence-corrected chi connectivity index (χ3v) is 6.92. The van der Waals surface area contributed by atoms with E-state index in [0.717, 1.165) is 35.0 Å². The molecule has 5 rings (SSSR count). The monoisotopic (exact) mass is 430 g/mol. The predicted molar refractivity (Wildman–Crippen MR) is 126 cm³/mol. The molecule has 1 atom stereocenters. The van der Waals surface area contributed by atoms with Crippen molar-refractivity contribution in [3.05, 3.63) is 70.4 Å².